The number of nitrogens with zero attached hydrogens (tertiary/aromatic N) is 1. The summed E-state index contributed by atoms with van der Waals surface area (Å²) < 4.78 is 1.31. The number of carboxylic acids is 1. The summed E-state index contributed by atoms with van der Waals surface area (Å²) in [5.41, 5.74) is 0.619. The molecule has 1 aromatic rings. The molecule has 1 N–H and O–H groups in total. The predicted octanol–water partition coefficient (Wildman–Crippen LogP) is 3.30. The Hall–Kier alpha value is -0.590. The molecule has 1 unspecified atom stereocenters. The Morgan fingerprint density at radius 2 is 1.94 bits per heavy atom. The number of aliphatic carboxylic acids is 1. The third kappa shape index (κ3) is 2.41. The normalized spacial score (nSPS) is 19.4. The van der Waals surface area contributed by atoms with Crippen molar-refractivity contribution >= 4 is 61.0 Å². The SMILES string of the molecule is O=C(O)C1CCN(c2c(Br)cc(Cl)cc2Br)C1=O. The molecule has 18 heavy (non-hydrogen) atoms. The lowest BCUT2D eigenvalue weighted by molar-refractivity contribution is -0.144. The molecular formula is C11H8Br2ClNO3. The maximum Gasteiger partial charge on any atom is 0.316 e. The Morgan fingerprint density at radius 1 is 1.39 bits per heavy atom. The molecule has 96 valence electrons. The van der Waals surface area contributed by atoms with Gasteiger partial charge in [-0.3, -0.25) is 9.59 Å². The van der Waals surface area contributed by atoms with E-state index in [1.807, 2.05) is 0 Å². The predicted molar refractivity (Wildman–Crippen MR) is 74.9 cm³/mol. The minimum Gasteiger partial charge on any atom is -0.481 e. The quantitative estimate of drug-likeness (QED) is 0.779. The van der Waals surface area contributed by atoms with Crippen LogP contribution in [0.5, 0.6) is 0 Å². The van der Waals surface area contributed by atoms with Gasteiger partial charge in [0.15, 0.2) is 0 Å². The van der Waals surface area contributed by atoms with Crippen molar-refractivity contribution in [3.8, 4) is 0 Å². The number of carbonyl (C=O) groups excluding carboxylic acids is 1. The van der Waals surface area contributed by atoms with Crippen molar-refractivity contribution in [2.24, 2.45) is 5.92 Å². The minimum absolute atomic E-state index is 0.315. The van der Waals surface area contributed by atoms with Crippen LogP contribution in [-0.2, 0) is 9.59 Å². The molecule has 4 nitrogen and oxygen atoms in total. The summed E-state index contributed by atoms with van der Waals surface area (Å²) >= 11 is 12.6. The number of benzene rings is 1. The van der Waals surface area contributed by atoms with Crippen LogP contribution in [0.4, 0.5) is 5.69 Å². The van der Waals surface area contributed by atoms with Gasteiger partial charge in [-0.1, -0.05) is 11.6 Å². The molecule has 0 spiro atoms. The smallest absolute Gasteiger partial charge is 0.316 e. The average Bonchev–Trinajstić information content (AvgIpc) is 2.59. The summed E-state index contributed by atoms with van der Waals surface area (Å²) in [5.74, 6) is -2.44. The first-order valence-corrected chi connectivity index (χ1v) is 7.07. The number of carboxylic acid groups (broad SMARTS) is 1. The topological polar surface area (TPSA) is 57.6 Å². The number of anilines is 1. The second-order valence-corrected chi connectivity index (χ2v) is 6.03. The second kappa shape index (κ2) is 5.19. The van der Waals surface area contributed by atoms with Crippen LogP contribution in [0.1, 0.15) is 6.42 Å². The van der Waals surface area contributed by atoms with Gasteiger partial charge in [0, 0.05) is 20.5 Å². The molecule has 1 aliphatic heterocycles. The van der Waals surface area contributed by atoms with Crippen molar-refractivity contribution in [1.82, 2.24) is 0 Å². The molecule has 1 atom stereocenters. The van der Waals surface area contributed by atoms with Crippen molar-refractivity contribution in [2.75, 3.05) is 11.4 Å². The van der Waals surface area contributed by atoms with E-state index in [1.54, 1.807) is 12.1 Å². The largest absolute Gasteiger partial charge is 0.481 e. The number of halogens is 3. The molecular weight excluding hydrogens is 389 g/mol. The van der Waals surface area contributed by atoms with E-state index in [2.05, 4.69) is 31.9 Å². The van der Waals surface area contributed by atoms with E-state index < -0.39 is 17.8 Å². The van der Waals surface area contributed by atoms with Crippen LogP contribution in [-0.4, -0.2) is 23.5 Å². The molecule has 0 saturated carbocycles. The maximum absolute atomic E-state index is 12.0. The molecule has 0 aromatic heterocycles. The molecule has 1 aromatic carbocycles. The molecule has 1 fully saturated rings. The Morgan fingerprint density at radius 3 is 2.39 bits per heavy atom. The van der Waals surface area contributed by atoms with Crippen molar-refractivity contribution in [1.29, 1.82) is 0 Å². The van der Waals surface area contributed by atoms with Gasteiger partial charge >= 0.3 is 5.97 Å². The molecule has 0 aliphatic carbocycles. The summed E-state index contributed by atoms with van der Waals surface area (Å²) in [6.07, 6.45) is 0.315. The van der Waals surface area contributed by atoms with Gasteiger partial charge in [0.1, 0.15) is 5.92 Å². The highest BCUT2D eigenvalue weighted by Gasteiger charge is 2.38. The van der Waals surface area contributed by atoms with Crippen molar-refractivity contribution in [3.63, 3.8) is 0 Å². The fourth-order valence-electron chi connectivity index (χ4n) is 1.92. The number of amides is 1. The van der Waals surface area contributed by atoms with Crippen molar-refractivity contribution in [2.45, 2.75) is 6.42 Å². The van der Waals surface area contributed by atoms with Crippen LogP contribution in [0.3, 0.4) is 0 Å². The van der Waals surface area contributed by atoms with Crippen molar-refractivity contribution in [3.05, 3.63) is 26.1 Å². The summed E-state index contributed by atoms with van der Waals surface area (Å²) in [6, 6.07) is 3.34. The maximum atomic E-state index is 12.0. The zero-order chi connectivity index (χ0) is 13.4. The Kier molecular flexibility index (Phi) is 3.99. The van der Waals surface area contributed by atoms with E-state index >= 15 is 0 Å². The first kappa shape index (κ1) is 13.8. The average molecular weight is 397 g/mol. The lowest BCUT2D eigenvalue weighted by Crippen LogP contribution is -2.30. The van der Waals surface area contributed by atoms with Gasteiger partial charge < -0.3 is 10.0 Å². The third-order valence-corrected chi connectivity index (χ3v) is 4.18. The van der Waals surface area contributed by atoms with Crippen LogP contribution in [0.25, 0.3) is 0 Å². The van der Waals surface area contributed by atoms with E-state index in [4.69, 9.17) is 16.7 Å². The molecule has 7 heteroatoms. The van der Waals surface area contributed by atoms with Crippen LogP contribution in [0.15, 0.2) is 21.1 Å². The van der Waals surface area contributed by atoms with Gasteiger partial charge in [-0.2, -0.15) is 0 Å². The van der Waals surface area contributed by atoms with Gasteiger partial charge in [0.05, 0.1) is 5.69 Å². The van der Waals surface area contributed by atoms with Gasteiger partial charge in [-0.25, -0.2) is 0 Å². The fourth-order valence-corrected chi connectivity index (χ4v) is 4.02. The molecule has 1 aliphatic rings. The molecule has 1 heterocycles. The molecule has 0 radical (unpaired) electrons. The highest BCUT2D eigenvalue weighted by molar-refractivity contribution is 9.11. The van der Waals surface area contributed by atoms with Crippen molar-refractivity contribution < 1.29 is 14.7 Å². The first-order valence-electron chi connectivity index (χ1n) is 5.10. The van der Waals surface area contributed by atoms with E-state index in [9.17, 15) is 9.59 Å². The zero-order valence-electron chi connectivity index (χ0n) is 8.99. The van der Waals surface area contributed by atoms with Crippen LogP contribution < -0.4 is 4.90 Å². The summed E-state index contributed by atoms with van der Waals surface area (Å²) in [6.45, 7) is 0.384. The molecule has 0 bridgehead atoms. The lowest BCUT2D eigenvalue weighted by atomic mass is 10.1. The van der Waals surface area contributed by atoms with Crippen LogP contribution >= 0.6 is 43.5 Å². The summed E-state index contributed by atoms with van der Waals surface area (Å²) in [4.78, 5) is 24.4. The number of hydrogen-bond acceptors (Lipinski definition) is 2. The lowest BCUT2D eigenvalue weighted by Gasteiger charge is -2.19. The van der Waals surface area contributed by atoms with E-state index in [-0.39, 0.29) is 0 Å². The van der Waals surface area contributed by atoms with E-state index in [0.29, 0.717) is 32.6 Å². The number of rotatable bonds is 2. The van der Waals surface area contributed by atoms with Crippen LogP contribution in [0, 0.1) is 5.92 Å². The van der Waals surface area contributed by atoms with Gasteiger partial charge in [-0.05, 0) is 50.4 Å². The van der Waals surface area contributed by atoms with Crippen LogP contribution in [0.2, 0.25) is 5.02 Å². The molecule has 1 amide bonds. The second-order valence-electron chi connectivity index (χ2n) is 3.89. The third-order valence-electron chi connectivity index (χ3n) is 2.76. The van der Waals surface area contributed by atoms with E-state index in [1.165, 1.54) is 4.90 Å². The Balaban J connectivity index is 2.40. The monoisotopic (exact) mass is 395 g/mol. The molecule has 1 saturated heterocycles. The fraction of sp³-hybridized carbons (Fsp3) is 0.273. The number of hydrogen-bond donors (Lipinski definition) is 1. The van der Waals surface area contributed by atoms with Gasteiger partial charge in [0.25, 0.3) is 0 Å². The standard InChI is InChI=1S/C11H8Br2ClNO3/c12-7-3-5(14)4-8(13)9(7)15-2-1-6(10(15)16)11(17)18/h3-4,6H,1-2H2,(H,17,18). The van der Waals surface area contributed by atoms with Gasteiger partial charge in [0.2, 0.25) is 5.91 Å². The summed E-state index contributed by atoms with van der Waals surface area (Å²) in [7, 11) is 0. The van der Waals surface area contributed by atoms with E-state index in [0.717, 1.165) is 0 Å². The number of carbonyl (C=O) groups is 2. The first-order chi connectivity index (χ1) is 8.41. The van der Waals surface area contributed by atoms with Gasteiger partial charge in [-0.15, -0.1) is 0 Å². The summed E-state index contributed by atoms with van der Waals surface area (Å²) in [5, 5.41) is 9.47. The zero-order valence-corrected chi connectivity index (χ0v) is 12.9. The Bertz CT molecular complexity index is 512. The molecule has 2 rings (SSSR count). The Labute approximate surface area is 125 Å². The minimum atomic E-state index is -1.08. The highest BCUT2D eigenvalue weighted by Crippen LogP contribution is 2.39. The highest BCUT2D eigenvalue weighted by atomic mass is 79.9.